The van der Waals surface area contributed by atoms with Crippen molar-refractivity contribution in [2.75, 3.05) is 31.1 Å². The molecule has 25 heavy (non-hydrogen) atoms. The lowest BCUT2D eigenvalue weighted by molar-refractivity contribution is 0.577. The van der Waals surface area contributed by atoms with Gasteiger partial charge >= 0.3 is 5.69 Å². The summed E-state index contributed by atoms with van der Waals surface area (Å²) >= 11 is 0. The number of rotatable bonds is 3. The number of piperazine rings is 1. The first-order chi connectivity index (χ1) is 12.1. The van der Waals surface area contributed by atoms with Gasteiger partial charge in [0.25, 0.3) is 5.56 Å². The molecule has 1 aliphatic rings. The zero-order valence-corrected chi connectivity index (χ0v) is 14.2. The van der Waals surface area contributed by atoms with Crippen molar-refractivity contribution in [3.63, 3.8) is 0 Å². The van der Waals surface area contributed by atoms with E-state index in [9.17, 15) is 9.59 Å². The number of aromatic amines is 1. The van der Waals surface area contributed by atoms with Crippen LogP contribution >= 0.6 is 0 Å². The van der Waals surface area contributed by atoms with Gasteiger partial charge in [-0.1, -0.05) is 30.3 Å². The van der Waals surface area contributed by atoms with Crippen LogP contribution < -0.4 is 21.5 Å². The molecule has 0 bridgehead atoms. The molecule has 1 aliphatic heterocycles. The number of benzene rings is 1. The van der Waals surface area contributed by atoms with E-state index in [-0.39, 0.29) is 11.2 Å². The highest BCUT2D eigenvalue weighted by Gasteiger charge is 2.21. The maximum atomic E-state index is 12.5. The molecule has 130 valence electrons. The molecule has 7 heteroatoms. The molecule has 0 amide bonds. The zero-order chi connectivity index (χ0) is 17.4. The fraction of sp³-hybridized carbons (Fsp3) is 0.333. The minimum atomic E-state index is -0.388. The number of nitrogens with zero attached hydrogens (tertiary/aromatic N) is 3. The van der Waals surface area contributed by atoms with Crippen LogP contribution in [0.2, 0.25) is 0 Å². The first-order valence-corrected chi connectivity index (χ1v) is 8.47. The lowest BCUT2D eigenvalue weighted by Gasteiger charge is -2.30. The summed E-state index contributed by atoms with van der Waals surface area (Å²) in [6.45, 7) is 4.14. The molecular formula is C18H21N5O2. The van der Waals surface area contributed by atoms with Gasteiger partial charge in [-0.3, -0.25) is 14.3 Å². The molecule has 0 saturated carbocycles. The predicted octanol–water partition coefficient (Wildman–Crippen LogP) is 0.486. The number of aryl methyl sites for hydroxylation is 1. The van der Waals surface area contributed by atoms with E-state index in [1.54, 1.807) is 7.05 Å². The molecule has 0 radical (unpaired) electrons. The quantitative estimate of drug-likeness (QED) is 0.728. The van der Waals surface area contributed by atoms with Crippen molar-refractivity contribution >= 4 is 16.9 Å². The lowest BCUT2D eigenvalue weighted by atomic mass is 10.2. The number of hydrogen-bond acceptors (Lipinski definition) is 4. The number of H-pyrrole nitrogens is 1. The third-order valence-electron chi connectivity index (χ3n) is 4.78. The molecular weight excluding hydrogens is 318 g/mol. The summed E-state index contributed by atoms with van der Waals surface area (Å²) in [5, 5.41) is 3.35. The number of nitrogens with one attached hydrogen (secondary N) is 2. The van der Waals surface area contributed by atoms with E-state index in [0.29, 0.717) is 17.6 Å². The normalized spacial score (nSPS) is 15.0. The summed E-state index contributed by atoms with van der Waals surface area (Å²) in [6.07, 6.45) is 0. The zero-order valence-electron chi connectivity index (χ0n) is 14.2. The monoisotopic (exact) mass is 339 g/mol. The lowest BCUT2D eigenvalue weighted by Crippen LogP contribution is -2.44. The van der Waals surface area contributed by atoms with Crippen LogP contribution in [-0.4, -0.2) is 40.3 Å². The second-order valence-corrected chi connectivity index (χ2v) is 6.36. The van der Waals surface area contributed by atoms with E-state index >= 15 is 0 Å². The first-order valence-electron chi connectivity index (χ1n) is 8.47. The summed E-state index contributed by atoms with van der Waals surface area (Å²) in [4.78, 5) is 29.2. The van der Waals surface area contributed by atoms with Crippen LogP contribution in [0.15, 0.2) is 46.0 Å². The minimum absolute atomic E-state index is 0.338. The molecule has 1 fully saturated rings. The van der Waals surface area contributed by atoms with E-state index in [4.69, 9.17) is 0 Å². The average Bonchev–Trinajstić information content (AvgIpc) is 3.01. The average molecular weight is 339 g/mol. The second kappa shape index (κ2) is 6.25. The second-order valence-electron chi connectivity index (χ2n) is 6.36. The molecule has 1 aromatic carbocycles. The Morgan fingerprint density at radius 1 is 1.08 bits per heavy atom. The van der Waals surface area contributed by atoms with Crippen LogP contribution in [0.25, 0.3) is 11.0 Å². The third-order valence-corrected chi connectivity index (χ3v) is 4.78. The highest BCUT2D eigenvalue weighted by atomic mass is 16.2. The number of hydrogen-bond donors (Lipinski definition) is 2. The third kappa shape index (κ3) is 2.76. The van der Waals surface area contributed by atoms with Gasteiger partial charge in [0, 0.05) is 45.8 Å². The molecule has 3 aromatic rings. The van der Waals surface area contributed by atoms with Crippen LogP contribution in [0.3, 0.4) is 0 Å². The van der Waals surface area contributed by atoms with Gasteiger partial charge in [0.15, 0.2) is 0 Å². The Morgan fingerprint density at radius 3 is 2.52 bits per heavy atom. The summed E-state index contributed by atoms with van der Waals surface area (Å²) in [5.74, 6) is 0.979. The number of fused-ring (bicyclic) bond motifs is 1. The molecule has 0 unspecified atom stereocenters. The van der Waals surface area contributed by atoms with Crippen LogP contribution in [0.1, 0.15) is 5.56 Å². The topological polar surface area (TPSA) is 75.1 Å². The van der Waals surface area contributed by atoms with E-state index in [1.165, 1.54) is 4.57 Å². The van der Waals surface area contributed by atoms with Gasteiger partial charge in [-0.05, 0) is 5.56 Å². The molecule has 7 nitrogen and oxygen atoms in total. The smallest absolute Gasteiger partial charge is 0.328 e. The van der Waals surface area contributed by atoms with Crippen LogP contribution in [0.5, 0.6) is 0 Å². The Morgan fingerprint density at radius 2 is 1.80 bits per heavy atom. The van der Waals surface area contributed by atoms with Gasteiger partial charge in [-0.15, -0.1) is 0 Å². The molecule has 0 atom stereocenters. The van der Waals surface area contributed by atoms with Crippen molar-refractivity contribution in [1.82, 2.24) is 19.4 Å². The van der Waals surface area contributed by atoms with Gasteiger partial charge < -0.3 is 14.8 Å². The molecule has 0 spiro atoms. The van der Waals surface area contributed by atoms with Crippen molar-refractivity contribution < 1.29 is 0 Å². The van der Waals surface area contributed by atoms with Gasteiger partial charge in [0.05, 0.1) is 5.52 Å². The predicted molar refractivity (Wildman–Crippen MR) is 98.4 cm³/mol. The molecule has 3 heterocycles. The fourth-order valence-electron chi connectivity index (χ4n) is 3.45. The largest absolute Gasteiger partial charge is 0.355 e. The van der Waals surface area contributed by atoms with Crippen molar-refractivity contribution in [1.29, 1.82) is 0 Å². The van der Waals surface area contributed by atoms with Crippen LogP contribution in [0, 0.1) is 0 Å². The SMILES string of the molecule is Cn1c(=O)[nH]c(=O)c2c1cc(N1CCNCC1)n2Cc1ccccc1. The Kier molecular flexibility index (Phi) is 3.93. The highest BCUT2D eigenvalue weighted by molar-refractivity contribution is 5.81. The molecule has 4 rings (SSSR count). The van der Waals surface area contributed by atoms with Crippen molar-refractivity contribution in [2.24, 2.45) is 7.05 Å². The summed E-state index contributed by atoms with van der Waals surface area (Å²) in [7, 11) is 1.69. The van der Waals surface area contributed by atoms with Gasteiger partial charge in [0.1, 0.15) is 11.3 Å². The van der Waals surface area contributed by atoms with E-state index in [0.717, 1.165) is 37.6 Å². The maximum absolute atomic E-state index is 12.5. The van der Waals surface area contributed by atoms with E-state index in [1.807, 2.05) is 41.0 Å². The van der Waals surface area contributed by atoms with Crippen molar-refractivity contribution in [3.8, 4) is 0 Å². The summed E-state index contributed by atoms with van der Waals surface area (Å²) in [5.41, 5.74) is 1.60. The minimum Gasteiger partial charge on any atom is -0.355 e. The van der Waals surface area contributed by atoms with Crippen LogP contribution in [0.4, 0.5) is 5.82 Å². The number of aromatic nitrogens is 3. The molecule has 2 N–H and O–H groups in total. The van der Waals surface area contributed by atoms with Gasteiger partial charge in [-0.2, -0.15) is 0 Å². The maximum Gasteiger partial charge on any atom is 0.328 e. The van der Waals surface area contributed by atoms with Gasteiger partial charge in [0.2, 0.25) is 0 Å². The van der Waals surface area contributed by atoms with Crippen molar-refractivity contribution in [3.05, 3.63) is 62.8 Å². The standard InChI is InChI=1S/C18H21N5O2/c1-21-14-11-15(22-9-7-19-8-10-22)23(12-13-5-3-2-4-6-13)16(14)17(24)20-18(21)25/h2-6,11,19H,7-10,12H2,1H3,(H,20,24,25). The van der Waals surface area contributed by atoms with Crippen LogP contribution in [-0.2, 0) is 13.6 Å². The molecule has 0 aliphatic carbocycles. The summed E-state index contributed by atoms with van der Waals surface area (Å²) in [6, 6.07) is 12.0. The van der Waals surface area contributed by atoms with E-state index < -0.39 is 0 Å². The van der Waals surface area contributed by atoms with E-state index in [2.05, 4.69) is 15.2 Å². The Hall–Kier alpha value is -2.80. The Bertz CT molecular complexity index is 1010. The fourth-order valence-corrected chi connectivity index (χ4v) is 3.45. The van der Waals surface area contributed by atoms with Gasteiger partial charge in [-0.25, -0.2) is 4.79 Å². The highest BCUT2D eigenvalue weighted by Crippen LogP contribution is 2.25. The Labute approximate surface area is 144 Å². The van der Waals surface area contributed by atoms with Crippen molar-refractivity contribution in [2.45, 2.75) is 6.54 Å². The molecule has 1 saturated heterocycles. The molecule has 2 aromatic heterocycles. The number of anilines is 1. The Balaban J connectivity index is 1.94. The summed E-state index contributed by atoms with van der Waals surface area (Å²) < 4.78 is 3.53. The first kappa shape index (κ1) is 15.7.